The maximum Gasteiger partial charge on any atom is 0.338 e. The van der Waals surface area contributed by atoms with E-state index < -0.39 is 16.9 Å². The van der Waals surface area contributed by atoms with E-state index in [0.29, 0.717) is 26.3 Å². The standard InChI is InChI=1S/C31H29BrN4O6S/c1-16(2)42-30(38)27-18(4)33-31-35(28(27)24-15-21(32)7-12-25(24)41-6)29(37)26(43-31)14-20-13-17(3)34(19(20)5)22-8-10-23(11-9-22)36(39)40/h7-16,28H,1-6H3/b26-14-/t28-/m0/s1. The number of hydrogen-bond acceptors (Lipinski definition) is 8. The lowest BCUT2D eigenvalue weighted by Crippen LogP contribution is -2.40. The summed E-state index contributed by atoms with van der Waals surface area (Å²) in [7, 11) is 1.54. The van der Waals surface area contributed by atoms with E-state index >= 15 is 0 Å². The van der Waals surface area contributed by atoms with Crippen molar-refractivity contribution in [3.05, 3.63) is 117 Å². The number of hydrogen-bond donors (Lipinski definition) is 0. The normalized spacial score (nSPS) is 15.0. The van der Waals surface area contributed by atoms with Crippen molar-refractivity contribution in [1.29, 1.82) is 0 Å². The molecule has 0 unspecified atom stereocenters. The highest BCUT2D eigenvalue weighted by molar-refractivity contribution is 9.10. The molecule has 10 nitrogen and oxygen atoms in total. The van der Waals surface area contributed by atoms with Crippen molar-refractivity contribution < 1.29 is 19.2 Å². The zero-order chi connectivity index (χ0) is 31.2. The van der Waals surface area contributed by atoms with Crippen LogP contribution in [-0.4, -0.2) is 33.2 Å². The third-order valence-electron chi connectivity index (χ3n) is 7.15. The molecule has 0 N–H and O–H groups in total. The van der Waals surface area contributed by atoms with Crippen LogP contribution in [0, 0.1) is 24.0 Å². The molecule has 0 aliphatic carbocycles. The van der Waals surface area contributed by atoms with Gasteiger partial charge in [-0.15, -0.1) is 0 Å². The molecule has 2 aromatic heterocycles. The number of thiazole rings is 1. The number of non-ortho nitro benzene ring substituents is 1. The molecule has 3 heterocycles. The number of carbonyl (C=O) groups excluding carboxylic acids is 1. The predicted molar refractivity (Wildman–Crippen MR) is 168 cm³/mol. The molecule has 5 rings (SSSR count). The Morgan fingerprint density at radius 1 is 1.14 bits per heavy atom. The fourth-order valence-electron chi connectivity index (χ4n) is 5.27. The highest BCUT2D eigenvalue weighted by atomic mass is 79.9. The number of esters is 1. The van der Waals surface area contributed by atoms with Gasteiger partial charge in [0, 0.05) is 39.2 Å². The van der Waals surface area contributed by atoms with Crippen LogP contribution in [0.3, 0.4) is 0 Å². The molecule has 43 heavy (non-hydrogen) atoms. The van der Waals surface area contributed by atoms with Gasteiger partial charge in [-0.3, -0.25) is 19.5 Å². The SMILES string of the molecule is COc1ccc(Br)cc1[C@H]1C(C(=O)OC(C)C)=C(C)N=c2s/c(=C\c3cc(C)n(-c4ccc([N+](=O)[O-])cc4)c3C)c(=O)n21. The Morgan fingerprint density at radius 2 is 1.84 bits per heavy atom. The number of rotatable bonds is 7. The number of benzene rings is 2. The molecule has 2 aromatic carbocycles. The second-order valence-corrected chi connectivity index (χ2v) is 12.3. The third kappa shape index (κ3) is 5.59. The van der Waals surface area contributed by atoms with Crippen molar-refractivity contribution in [3.8, 4) is 11.4 Å². The minimum atomic E-state index is -0.829. The summed E-state index contributed by atoms with van der Waals surface area (Å²) in [5.41, 5.74) is 4.39. The van der Waals surface area contributed by atoms with Crippen LogP contribution in [0.2, 0.25) is 0 Å². The quantitative estimate of drug-likeness (QED) is 0.151. The number of halogens is 1. The largest absolute Gasteiger partial charge is 0.496 e. The summed E-state index contributed by atoms with van der Waals surface area (Å²) in [5, 5.41) is 11.1. The first kappa shape index (κ1) is 30.2. The van der Waals surface area contributed by atoms with Crippen LogP contribution in [-0.2, 0) is 9.53 Å². The fourth-order valence-corrected chi connectivity index (χ4v) is 6.69. The number of nitrogens with zero attached hydrogens (tertiary/aromatic N) is 4. The second kappa shape index (κ2) is 11.8. The van der Waals surface area contributed by atoms with Crippen LogP contribution in [0.1, 0.15) is 49.3 Å². The van der Waals surface area contributed by atoms with Crippen molar-refractivity contribution in [3.63, 3.8) is 0 Å². The Kier molecular flexibility index (Phi) is 8.26. The molecule has 1 aliphatic heterocycles. The van der Waals surface area contributed by atoms with E-state index in [9.17, 15) is 19.7 Å². The number of aromatic nitrogens is 2. The number of aryl methyl sites for hydroxylation is 1. The summed E-state index contributed by atoms with van der Waals surface area (Å²) >= 11 is 4.76. The molecule has 1 atom stereocenters. The van der Waals surface area contributed by atoms with Gasteiger partial charge in [0.1, 0.15) is 11.8 Å². The van der Waals surface area contributed by atoms with Crippen LogP contribution >= 0.6 is 27.3 Å². The van der Waals surface area contributed by atoms with Gasteiger partial charge in [-0.05, 0) is 82.7 Å². The van der Waals surface area contributed by atoms with Crippen LogP contribution in [0.5, 0.6) is 5.75 Å². The van der Waals surface area contributed by atoms with Gasteiger partial charge in [0.25, 0.3) is 11.2 Å². The van der Waals surface area contributed by atoms with Gasteiger partial charge in [0.15, 0.2) is 4.80 Å². The molecule has 0 amide bonds. The maximum absolute atomic E-state index is 14.1. The van der Waals surface area contributed by atoms with E-state index in [0.717, 1.165) is 27.1 Å². The topological polar surface area (TPSA) is 118 Å². The summed E-state index contributed by atoms with van der Waals surface area (Å²) in [6.45, 7) is 9.14. The van der Waals surface area contributed by atoms with Gasteiger partial charge in [0.2, 0.25) is 0 Å². The predicted octanol–water partition coefficient (Wildman–Crippen LogP) is 5.27. The Labute approximate surface area is 259 Å². The number of nitro groups is 1. The van der Waals surface area contributed by atoms with Crippen LogP contribution < -0.4 is 19.6 Å². The number of allylic oxidation sites excluding steroid dienone is 1. The zero-order valence-electron chi connectivity index (χ0n) is 24.4. The summed E-state index contributed by atoms with van der Waals surface area (Å²) < 4.78 is 16.0. The molecule has 1 aliphatic rings. The zero-order valence-corrected chi connectivity index (χ0v) is 26.8. The average molecular weight is 666 g/mol. The average Bonchev–Trinajstić information content (AvgIpc) is 3.40. The molecule has 0 radical (unpaired) electrons. The van der Waals surface area contributed by atoms with Gasteiger partial charge in [-0.2, -0.15) is 0 Å². The molecule has 4 aromatic rings. The smallest absolute Gasteiger partial charge is 0.338 e. The van der Waals surface area contributed by atoms with Crippen molar-refractivity contribution in [2.45, 2.75) is 46.8 Å². The molecule has 0 fully saturated rings. The number of methoxy groups -OCH3 is 1. The summed E-state index contributed by atoms with van der Waals surface area (Å²) in [5.74, 6) is -0.0387. The molecule has 222 valence electrons. The van der Waals surface area contributed by atoms with Crippen molar-refractivity contribution >= 4 is 45.0 Å². The van der Waals surface area contributed by atoms with Crippen molar-refractivity contribution in [2.24, 2.45) is 4.99 Å². The summed E-state index contributed by atoms with van der Waals surface area (Å²) in [6, 6.07) is 12.9. The van der Waals surface area contributed by atoms with E-state index in [-0.39, 0.29) is 22.9 Å². The highest BCUT2D eigenvalue weighted by Gasteiger charge is 2.35. The van der Waals surface area contributed by atoms with E-state index in [4.69, 9.17) is 9.47 Å². The fraction of sp³-hybridized carbons (Fsp3) is 0.258. The maximum atomic E-state index is 14.1. The first-order chi connectivity index (χ1) is 20.4. The first-order valence-corrected chi connectivity index (χ1v) is 15.0. The molecule has 0 saturated carbocycles. The third-order valence-corrected chi connectivity index (χ3v) is 8.62. The Bertz CT molecular complexity index is 1990. The molecular weight excluding hydrogens is 636 g/mol. The second-order valence-electron chi connectivity index (χ2n) is 10.4. The van der Waals surface area contributed by atoms with Crippen LogP contribution in [0.25, 0.3) is 11.8 Å². The molecule has 0 spiro atoms. The highest BCUT2D eigenvalue weighted by Crippen LogP contribution is 2.37. The Balaban J connectivity index is 1.70. The van der Waals surface area contributed by atoms with Crippen molar-refractivity contribution in [2.75, 3.05) is 7.11 Å². The summed E-state index contributed by atoms with van der Waals surface area (Å²) in [4.78, 5) is 43.4. The monoisotopic (exact) mass is 664 g/mol. The van der Waals surface area contributed by atoms with Gasteiger partial charge in [-0.1, -0.05) is 27.3 Å². The Hall–Kier alpha value is -4.29. The lowest BCUT2D eigenvalue weighted by Gasteiger charge is -2.26. The van der Waals surface area contributed by atoms with Crippen LogP contribution in [0.4, 0.5) is 5.69 Å². The number of nitro benzene ring substituents is 1. The summed E-state index contributed by atoms with van der Waals surface area (Å²) in [6.07, 6.45) is 1.45. The van der Waals surface area contributed by atoms with Gasteiger partial charge in [0.05, 0.1) is 33.9 Å². The van der Waals surface area contributed by atoms with Gasteiger partial charge >= 0.3 is 5.97 Å². The number of carbonyl (C=O) groups is 1. The lowest BCUT2D eigenvalue weighted by atomic mass is 9.95. The Morgan fingerprint density at radius 3 is 2.47 bits per heavy atom. The van der Waals surface area contributed by atoms with Crippen molar-refractivity contribution in [1.82, 2.24) is 9.13 Å². The van der Waals surface area contributed by atoms with E-state index in [1.807, 2.05) is 42.7 Å². The minimum absolute atomic E-state index is 0.0103. The van der Waals surface area contributed by atoms with Gasteiger partial charge < -0.3 is 14.0 Å². The minimum Gasteiger partial charge on any atom is -0.496 e. The number of fused-ring (bicyclic) bond motifs is 1. The van der Waals surface area contributed by atoms with Crippen LogP contribution in [0.15, 0.2) is 74.1 Å². The van der Waals surface area contributed by atoms with Gasteiger partial charge in [-0.25, -0.2) is 9.79 Å². The van der Waals surface area contributed by atoms with E-state index in [1.165, 1.54) is 28.0 Å². The molecule has 0 saturated heterocycles. The number of ether oxygens (including phenoxy) is 2. The first-order valence-electron chi connectivity index (χ1n) is 13.4. The molecule has 0 bridgehead atoms. The van der Waals surface area contributed by atoms with E-state index in [1.54, 1.807) is 46.1 Å². The molecular formula is C31H29BrN4O6S. The lowest BCUT2D eigenvalue weighted by molar-refractivity contribution is -0.384. The van der Waals surface area contributed by atoms with E-state index in [2.05, 4.69) is 20.9 Å². The molecule has 12 heteroatoms.